The summed E-state index contributed by atoms with van der Waals surface area (Å²) in [7, 11) is 0. The van der Waals surface area contributed by atoms with Crippen molar-refractivity contribution in [3.05, 3.63) is 65.0 Å². The predicted octanol–water partition coefficient (Wildman–Crippen LogP) is 2.62. The fraction of sp³-hybridized carbons (Fsp3) is 0. The highest BCUT2D eigenvalue weighted by Gasteiger charge is 2.25. The van der Waals surface area contributed by atoms with Gasteiger partial charge >= 0.3 is 5.97 Å². The molecular weight excluding hydrogens is 240 g/mol. The summed E-state index contributed by atoms with van der Waals surface area (Å²) in [6.45, 7) is 0. The summed E-state index contributed by atoms with van der Waals surface area (Å²) in [6.07, 6.45) is 1.66. The lowest BCUT2D eigenvalue weighted by molar-refractivity contribution is 0.0717. The van der Waals surface area contributed by atoms with Crippen molar-refractivity contribution in [3.8, 4) is 6.07 Å². The van der Waals surface area contributed by atoms with Crippen LogP contribution >= 0.6 is 0 Å². The quantitative estimate of drug-likeness (QED) is 0.728. The van der Waals surface area contributed by atoms with Gasteiger partial charge in [0.15, 0.2) is 0 Å². The molecule has 0 radical (unpaired) electrons. The van der Waals surface area contributed by atoms with Crippen molar-refractivity contribution in [2.45, 2.75) is 0 Å². The molecule has 2 heterocycles. The van der Waals surface area contributed by atoms with Crippen molar-refractivity contribution in [1.82, 2.24) is 4.98 Å². The van der Waals surface area contributed by atoms with Crippen LogP contribution in [0.5, 0.6) is 0 Å². The van der Waals surface area contributed by atoms with Gasteiger partial charge in [0, 0.05) is 11.6 Å². The first-order valence-electron chi connectivity index (χ1n) is 5.68. The van der Waals surface area contributed by atoms with Gasteiger partial charge in [-0.05, 0) is 18.2 Å². The Morgan fingerprint density at radius 2 is 1.89 bits per heavy atom. The fourth-order valence-corrected chi connectivity index (χ4v) is 1.92. The van der Waals surface area contributed by atoms with E-state index >= 15 is 0 Å². The topological polar surface area (TPSA) is 63.0 Å². The van der Waals surface area contributed by atoms with Crippen LogP contribution in [0.25, 0.3) is 11.8 Å². The van der Waals surface area contributed by atoms with E-state index in [0.717, 1.165) is 5.56 Å². The van der Waals surface area contributed by atoms with Crippen LogP contribution in [0, 0.1) is 11.3 Å². The summed E-state index contributed by atoms with van der Waals surface area (Å²) < 4.78 is 5.21. The smallest absolute Gasteiger partial charge is 0.344 e. The molecule has 90 valence electrons. The number of nitrogens with zero attached hydrogens (tertiary/aromatic N) is 2. The summed E-state index contributed by atoms with van der Waals surface area (Å²) in [5.74, 6) is 0.0986. The first kappa shape index (κ1) is 11.2. The number of aromatic nitrogens is 1. The van der Waals surface area contributed by atoms with Crippen molar-refractivity contribution in [2.24, 2.45) is 0 Å². The Kier molecular flexibility index (Phi) is 2.58. The Morgan fingerprint density at radius 1 is 1.11 bits per heavy atom. The third-order valence-corrected chi connectivity index (χ3v) is 2.78. The first-order chi connectivity index (χ1) is 9.28. The highest BCUT2D eigenvalue weighted by molar-refractivity contribution is 6.05. The van der Waals surface area contributed by atoms with Crippen LogP contribution in [-0.2, 0) is 4.74 Å². The van der Waals surface area contributed by atoms with Gasteiger partial charge in [-0.3, -0.25) is 0 Å². The average molecular weight is 248 g/mol. The Morgan fingerprint density at radius 3 is 2.68 bits per heavy atom. The number of hydrogen-bond donors (Lipinski definition) is 0. The summed E-state index contributed by atoms with van der Waals surface area (Å²) in [6, 6.07) is 14.3. The molecule has 0 bridgehead atoms. The van der Waals surface area contributed by atoms with E-state index in [1.807, 2.05) is 18.2 Å². The Bertz CT molecular complexity index is 742. The van der Waals surface area contributed by atoms with Gasteiger partial charge in [0.05, 0.1) is 11.3 Å². The molecule has 4 nitrogen and oxygen atoms in total. The molecule has 3 rings (SSSR count). The second-order valence-corrected chi connectivity index (χ2v) is 4.00. The first-order valence-corrected chi connectivity index (χ1v) is 5.68. The van der Waals surface area contributed by atoms with E-state index in [4.69, 9.17) is 10.00 Å². The van der Waals surface area contributed by atoms with Gasteiger partial charge in [0.25, 0.3) is 0 Å². The summed E-state index contributed by atoms with van der Waals surface area (Å²) in [5.41, 5.74) is 2.20. The largest absolute Gasteiger partial charge is 0.422 e. The number of rotatable bonds is 1. The van der Waals surface area contributed by atoms with Gasteiger partial charge in [-0.2, -0.15) is 5.26 Å². The molecular formula is C15H8N2O2. The van der Waals surface area contributed by atoms with E-state index < -0.39 is 0 Å². The number of carbonyl (C=O) groups excluding carboxylic acids is 1. The Balaban J connectivity index is 2.06. The number of carbonyl (C=O) groups is 1. The second kappa shape index (κ2) is 4.39. The predicted molar refractivity (Wildman–Crippen MR) is 68.7 cm³/mol. The number of ether oxygens (including phenoxy) is 1. The maximum atomic E-state index is 11.7. The van der Waals surface area contributed by atoms with E-state index in [2.05, 4.69) is 4.98 Å². The summed E-state index contributed by atoms with van der Waals surface area (Å²) in [5, 5.41) is 8.80. The molecule has 2 aromatic rings. The SMILES string of the molecule is N#Cc1cccc(C=C2OC(=O)c3ccccc32)n1. The average Bonchev–Trinajstić information content (AvgIpc) is 2.76. The van der Waals surface area contributed by atoms with E-state index in [0.29, 0.717) is 22.7 Å². The summed E-state index contributed by atoms with van der Waals surface area (Å²) >= 11 is 0. The van der Waals surface area contributed by atoms with Crippen LogP contribution < -0.4 is 0 Å². The highest BCUT2D eigenvalue weighted by atomic mass is 16.5. The number of hydrogen-bond acceptors (Lipinski definition) is 4. The number of esters is 1. The van der Waals surface area contributed by atoms with Gasteiger partial charge in [0.1, 0.15) is 17.5 Å². The molecule has 1 aliphatic rings. The lowest BCUT2D eigenvalue weighted by Gasteiger charge is -1.98. The van der Waals surface area contributed by atoms with Gasteiger partial charge in [0.2, 0.25) is 0 Å². The van der Waals surface area contributed by atoms with Crippen molar-refractivity contribution in [2.75, 3.05) is 0 Å². The monoisotopic (exact) mass is 248 g/mol. The molecule has 19 heavy (non-hydrogen) atoms. The van der Waals surface area contributed by atoms with E-state index in [1.165, 1.54) is 0 Å². The third-order valence-electron chi connectivity index (χ3n) is 2.78. The van der Waals surface area contributed by atoms with E-state index in [1.54, 1.807) is 36.4 Å². The minimum absolute atomic E-state index is 0.326. The number of fused-ring (bicyclic) bond motifs is 1. The number of nitriles is 1. The Labute approximate surface area is 109 Å². The normalized spacial score (nSPS) is 14.9. The lowest BCUT2D eigenvalue weighted by atomic mass is 10.1. The van der Waals surface area contributed by atoms with Gasteiger partial charge in [-0.1, -0.05) is 24.3 Å². The van der Waals surface area contributed by atoms with Crippen LogP contribution in [0.2, 0.25) is 0 Å². The zero-order valence-electron chi connectivity index (χ0n) is 9.83. The Hall–Kier alpha value is -2.93. The molecule has 1 aromatic heterocycles. The van der Waals surface area contributed by atoms with Crippen molar-refractivity contribution in [3.63, 3.8) is 0 Å². The minimum Gasteiger partial charge on any atom is -0.422 e. The van der Waals surface area contributed by atoms with E-state index in [-0.39, 0.29) is 5.97 Å². The molecule has 0 N–H and O–H groups in total. The molecule has 0 atom stereocenters. The van der Waals surface area contributed by atoms with Gasteiger partial charge < -0.3 is 4.74 Å². The fourth-order valence-electron chi connectivity index (χ4n) is 1.92. The molecule has 0 saturated heterocycles. The van der Waals surface area contributed by atoms with Crippen molar-refractivity contribution >= 4 is 17.8 Å². The molecule has 1 aromatic carbocycles. The van der Waals surface area contributed by atoms with Crippen LogP contribution in [0.3, 0.4) is 0 Å². The van der Waals surface area contributed by atoms with Crippen molar-refractivity contribution in [1.29, 1.82) is 5.26 Å². The molecule has 1 aliphatic heterocycles. The third kappa shape index (κ3) is 1.98. The molecule has 0 saturated carbocycles. The lowest BCUT2D eigenvalue weighted by Crippen LogP contribution is -1.92. The van der Waals surface area contributed by atoms with Crippen LogP contribution in [0.4, 0.5) is 0 Å². The summed E-state index contributed by atoms with van der Waals surface area (Å²) in [4.78, 5) is 15.8. The van der Waals surface area contributed by atoms with Crippen LogP contribution in [0.1, 0.15) is 27.3 Å². The number of cyclic esters (lactones) is 1. The van der Waals surface area contributed by atoms with Crippen molar-refractivity contribution < 1.29 is 9.53 Å². The molecule has 4 heteroatoms. The zero-order chi connectivity index (χ0) is 13.2. The molecule has 0 unspecified atom stereocenters. The van der Waals surface area contributed by atoms with Gasteiger partial charge in [-0.15, -0.1) is 0 Å². The zero-order valence-corrected chi connectivity index (χ0v) is 9.83. The van der Waals surface area contributed by atoms with Crippen LogP contribution in [0.15, 0.2) is 42.5 Å². The van der Waals surface area contributed by atoms with E-state index in [9.17, 15) is 4.79 Å². The standard InChI is InChI=1S/C15H8N2O2/c16-9-11-5-3-4-10(17-11)8-14-12-6-1-2-7-13(12)15(18)19-14/h1-8H. The maximum absolute atomic E-state index is 11.7. The number of pyridine rings is 1. The molecule has 0 aliphatic carbocycles. The molecule has 0 fully saturated rings. The minimum atomic E-state index is -0.363. The van der Waals surface area contributed by atoms with Gasteiger partial charge in [-0.25, -0.2) is 9.78 Å². The number of benzene rings is 1. The molecule has 0 amide bonds. The molecule has 0 spiro atoms. The second-order valence-electron chi connectivity index (χ2n) is 4.00. The highest BCUT2D eigenvalue weighted by Crippen LogP contribution is 2.30. The van der Waals surface area contributed by atoms with Crippen LogP contribution in [-0.4, -0.2) is 11.0 Å². The maximum Gasteiger partial charge on any atom is 0.344 e.